The van der Waals surface area contributed by atoms with Crippen LogP contribution in [0.15, 0.2) is 36.5 Å². The molecule has 0 radical (unpaired) electrons. The van der Waals surface area contributed by atoms with E-state index in [0.29, 0.717) is 6.42 Å². The van der Waals surface area contributed by atoms with Gasteiger partial charge in [0, 0.05) is 17.8 Å². The quantitative estimate of drug-likeness (QED) is 0.908. The molecule has 2 aromatic rings. The summed E-state index contributed by atoms with van der Waals surface area (Å²) in [5, 5.41) is 7.34. The first-order chi connectivity index (χ1) is 9.61. The van der Waals surface area contributed by atoms with Crippen LogP contribution in [-0.4, -0.2) is 15.7 Å². The van der Waals surface area contributed by atoms with Crippen molar-refractivity contribution in [2.45, 2.75) is 39.8 Å². The number of carbonyl (C=O) groups is 1. The van der Waals surface area contributed by atoms with Crippen LogP contribution in [-0.2, 0) is 17.8 Å². The molecule has 1 unspecified atom stereocenters. The summed E-state index contributed by atoms with van der Waals surface area (Å²) < 4.78 is 1.94. The maximum absolute atomic E-state index is 12.0. The molecule has 20 heavy (non-hydrogen) atoms. The van der Waals surface area contributed by atoms with Gasteiger partial charge in [0.05, 0.1) is 18.7 Å². The maximum Gasteiger partial charge on any atom is 0.224 e. The van der Waals surface area contributed by atoms with E-state index in [4.69, 9.17) is 0 Å². The lowest BCUT2D eigenvalue weighted by atomic mass is 10.1. The Hall–Kier alpha value is -2.10. The van der Waals surface area contributed by atoms with Crippen molar-refractivity contribution in [2.24, 2.45) is 0 Å². The van der Waals surface area contributed by atoms with Gasteiger partial charge in [-0.3, -0.25) is 9.48 Å². The fourth-order valence-electron chi connectivity index (χ4n) is 2.36. The van der Waals surface area contributed by atoms with Crippen molar-refractivity contribution < 1.29 is 4.79 Å². The highest BCUT2D eigenvalue weighted by Crippen LogP contribution is 2.16. The maximum atomic E-state index is 12.0. The average molecular weight is 271 g/mol. The van der Waals surface area contributed by atoms with Crippen molar-refractivity contribution in [3.63, 3.8) is 0 Å². The molecule has 2 rings (SSSR count). The molecule has 0 aliphatic heterocycles. The summed E-state index contributed by atoms with van der Waals surface area (Å²) in [5.41, 5.74) is 3.21. The number of carbonyl (C=O) groups excluding carboxylic acids is 1. The minimum atomic E-state index is -0.0217. The number of nitrogens with zero attached hydrogens (tertiary/aromatic N) is 2. The van der Waals surface area contributed by atoms with E-state index in [2.05, 4.69) is 17.3 Å². The van der Waals surface area contributed by atoms with E-state index in [1.165, 1.54) is 0 Å². The van der Waals surface area contributed by atoms with Crippen LogP contribution in [0.3, 0.4) is 0 Å². The Labute approximate surface area is 119 Å². The molecular weight excluding hydrogens is 250 g/mol. The van der Waals surface area contributed by atoms with Crippen molar-refractivity contribution in [1.29, 1.82) is 0 Å². The molecule has 0 bridgehead atoms. The lowest BCUT2D eigenvalue weighted by molar-refractivity contribution is -0.121. The van der Waals surface area contributed by atoms with Crippen LogP contribution in [0.1, 0.15) is 36.7 Å². The van der Waals surface area contributed by atoms with E-state index in [0.717, 1.165) is 23.4 Å². The van der Waals surface area contributed by atoms with Gasteiger partial charge in [-0.1, -0.05) is 30.3 Å². The predicted molar refractivity (Wildman–Crippen MR) is 79.3 cm³/mol. The lowest BCUT2D eigenvalue weighted by Crippen LogP contribution is -2.28. The molecule has 0 aliphatic rings. The third-order valence-corrected chi connectivity index (χ3v) is 3.49. The summed E-state index contributed by atoms with van der Waals surface area (Å²) in [6.07, 6.45) is 2.25. The molecule has 0 aliphatic carbocycles. The molecule has 0 saturated carbocycles. The van der Waals surface area contributed by atoms with Gasteiger partial charge in [-0.05, 0) is 26.3 Å². The summed E-state index contributed by atoms with van der Waals surface area (Å²) >= 11 is 0. The van der Waals surface area contributed by atoms with Gasteiger partial charge in [0.15, 0.2) is 0 Å². The molecule has 0 spiro atoms. The van der Waals surface area contributed by atoms with Gasteiger partial charge >= 0.3 is 0 Å². The molecule has 1 amide bonds. The Morgan fingerprint density at radius 3 is 2.65 bits per heavy atom. The smallest absolute Gasteiger partial charge is 0.224 e. The lowest BCUT2D eigenvalue weighted by Gasteiger charge is -2.14. The van der Waals surface area contributed by atoms with E-state index >= 15 is 0 Å². The second kappa shape index (κ2) is 6.37. The van der Waals surface area contributed by atoms with Gasteiger partial charge in [-0.15, -0.1) is 0 Å². The number of rotatable bonds is 5. The number of amides is 1. The van der Waals surface area contributed by atoms with Gasteiger partial charge in [0.25, 0.3) is 0 Å². The predicted octanol–water partition coefficient (Wildman–Crippen LogP) is 2.63. The normalized spacial score (nSPS) is 12.2. The summed E-state index contributed by atoms with van der Waals surface area (Å²) in [7, 11) is 0. The Morgan fingerprint density at radius 2 is 2.05 bits per heavy atom. The van der Waals surface area contributed by atoms with Gasteiger partial charge in [0.2, 0.25) is 5.91 Å². The van der Waals surface area contributed by atoms with Crippen LogP contribution in [0.2, 0.25) is 0 Å². The fraction of sp³-hybridized carbons (Fsp3) is 0.375. The molecule has 1 aromatic carbocycles. The number of hydrogen-bond acceptors (Lipinski definition) is 2. The average Bonchev–Trinajstić information content (AvgIpc) is 2.80. The standard InChI is InChI=1S/C16H21N3O/c1-4-19-13(3)15(11-17-19)12(2)18-16(20)10-14-8-6-5-7-9-14/h5-9,11-12H,4,10H2,1-3H3,(H,18,20). The second-order valence-electron chi connectivity index (χ2n) is 4.95. The Morgan fingerprint density at radius 1 is 1.35 bits per heavy atom. The molecule has 4 heteroatoms. The summed E-state index contributed by atoms with van der Waals surface area (Å²) in [6.45, 7) is 6.93. The highest BCUT2D eigenvalue weighted by Gasteiger charge is 2.15. The highest BCUT2D eigenvalue weighted by atomic mass is 16.1. The summed E-state index contributed by atoms with van der Waals surface area (Å²) in [4.78, 5) is 12.0. The van der Waals surface area contributed by atoms with Gasteiger partial charge in [0.1, 0.15) is 0 Å². The molecular formula is C16H21N3O. The molecule has 1 N–H and O–H groups in total. The third-order valence-electron chi connectivity index (χ3n) is 3.49. The first kappa shape index (κ1) is 14.3. The van der Waals surface area contributed by atoms with E-state index in [-0.39, 0.29) is 11.9 Å². The number of aryl methyl sites for hydroxylation is 1. The van der Waals surface area contributed by atoms with Crippen LogP contribution in [0, 0.1) is 6.92 Å². The van der Waals surface area contributed by atoms with Crippen molar-refractivity contribution in [1.82, 2.24) is 15.1 Å². The monoisotopic (exact) mass is 271 g/mol. The minimum Gasteiger partial charge on any atom is -0.349 e. The molecule has 0 fully saturated rings. The Kier molecular flexibility index (Phi) is 4.56. The van der Waals surface area contributed by atoms with Crippen molar-refractivity contribution >= 4 is 5.91 Å². The zero-order valence-corrected chi connectivity index (χ0v) is 12.3. The van der Waals surface area contributed by atoms with Gasteiger partial charge in [-0.25, -0.2) is 0 Å². The minimum absolute atomic E-state index is 0.0217. The number of benzene rings is 1. The first-order valence-corrected chi connectivity index (χ1v) is 6.97. The molecule has 1 aromatic heterocycles. The van der Waals surface area contributed by atoms with Crippen LogP contribution in [0.5, 0.6) is 0 Å². The van der Waals surface area contributed by atoms with Crippen LogP contribution < -0.4 is 5.32 Å². The van der Waals surface area contributed by atoms with E-state index in [9.17, 15) is 4.79 Å². The molecule has 106 valence electrons. The zero-order chi connectivity index (χ0) is 14.5. The van der Waals surface area contributed by atoms with E-state index in [1.807, 2.05) is 55.1 Å². The largest absolute Gasteiger partial charge is 0.349 e. The molecule has 1 heterocycles. The van der Waals surface area contributed by atoms with Crippen molar-refractivity contribution in [3.05, 3.63) is 53.3 Å². The Bertz CT molecular complexity index is 575. The summed E-state index contributed by atoms with van der Waals surface area (Å²) in [6, 6.07) is 9.75. The van der Waals surface area contributed by atoms with Crippen molar-refractivity contribution in [3.8, 4) is 0 Å². The van der Waals surface area contributed by atoms with Gasteiger partial charge in [-0.2, -0.15) is 5.10 Å². The SMILES string of the molecule is CCn1ncc(C(C)NC(=O)Cc2ccccc2)c1C. The molecule has 4 nitrogen and oxygen atoms in total. The van der Waals surface area contributed by atoms with Crippen LogP contribution in [0.4, 0.5) is 0 Å². The topological polar surface area (TPSA) is 46.9 Å². The first-order valence-electron chi connectivity index (χ1n) is 6.97. The summed E-state index contributed by atoms with van der Waals surface area (Å²) in [5.74, 6) is 0.0346. The zero-order valence-electron chi connectivity index (χ0n) is 12.3. The van der Waals surface area contributed by atoms with Crippen LogP contribution in [0.25, 0.3) is 0 Å². The number of aromatic nitrogens is 2. The number of nitrogens with one attached hydrogen (secondary N) is 1. The fourth-order valence-corrected chi connectivity index (χ4v) is 2.36. The second-order valence-corrected chi connectivity index (χ2v) is 4.95. The number of hydrogen-bond donors (Lipinski definition) is 1. The van der Waals surface area contributed by atoms with Gasteiger partial charge < -0.3 is 5.32 Å². The Balaban J connectivity index is 1.98. The van der Waals surface area contributed by atoms with Crippen molar-refractivity contribution in [2.75, 3.05) is 0 Å². The van der Waals surface area contributed by atoms with E-state index < -0.39 is 0 Å². The third kappa shape index (κ3) is 3.26. The molecule has 0 saturated heterocycles. The highest BCUT2D eigenvalue weighted by molar-refractivity contribution is 5.79. The van der Waals surface area contributed by atoms with E-state index in [1.54, 1.807) is 0 Å². The molecule has 1 atom stereocenters. The van der Waals surface area contributed by atoms with Crippen LogP contribution >= 0.6 is 0 Å².